The third-order valence-electron chi connectivity index (χ3n) is 5.24. The average molecular weight is 476 g/mol. The number of anilines is 1. The van der Waals surface area contributed by atoms with Crippen LogP contribution in [0.15, 0.2) is 28.4 Å². The smallest absolute Gasteiger partial charge is 0.262 e. The van der Waals surface area contributed by atoms with Gasteiger partial charge >= 0.3 is 0 Å². The molecule has 9 nitrogen and oxygen atoms in total. The van der Waals surface area contributed by atoms with Crippen LogP contribution in [-0.2, 0) is 22.6 Å². The minimum Gasteiger partial charge on any atom is -0.385 e. The summed E-state index contributed by atoms with van der Waals surface area (Å²) in [6, 6.07) is 4.93. The highest BCUT2D eigenvalue weighted by Crippen LogP contribution is 2.19. The number of methoxy groups -OCH3 is 1. The number of hydrogen-bond acceptors (Lipinski definition) is 8. The fourth-order valence-electron chi connectivity index (χ4n) is 3.56. The highest BCUT2D eigenvalue weighted by Gasteiger charge is 2.15. The van der Waals surface area contributed by atoms with Gasteiger partial charge in [-0.1, -0.05) is 0 Å². The van der Waals surface area contributed by atoms with Crippen molar-refractivity contribution in [3.63, 3.8) is 0 Å². The summed E-state index contributed by atoms with van der Waals surface area (Å²) in [4.78, 5) is 35.4. The molecule has 0 aliphatic carbocycles. The van der Waals surface area contributed by atoms with E-state index in [-0.39, 0.29) is 11.5 Å². The van der Waals surface area contributed by atoms with E-state index in [9.17, 15) is 9.59 Å². The van der Waals surface area contributed by atoms with Crippen molar-refractivity contribution in [1.29, 1.82) is 0 Å². The molecule has 2 N–H and O–H groups in total. The van der Waals surface area contributed by atoms with E-state index in [4.69, 9.17) is 21.7 Å². The van der Waals surface area contributed by atoms with Gasteiger partial charge in [0.1, 0.15) is 0 Å². The van der Waals surface area contributed by atoms with Crippen molar-refractivity contribution in [3.05, 3.63) is 50.0 Å². The van der Waals surface area contributed by atoms with Crippen molar-refractivity contribution in [1.82, 2.24) is 19.4 Å². The number of fused-ring (bicyclic) bond motifs is 1. The van der Waals surface area contributed by atoms with Gasteiger partial charge in [-0.05, 0) is 36.8 Å². The van der Waals surface area contributed by atoms with E-state index in [2.05, 4.69) is 20.2 Å². The number of thiazole rings is 1. The summed E-state index contributed by atoms with van der Waals surface area (Å²) in [6.07, 6.45) is 0.682. The summed E-state index contributed by atoms with van der Waals surface area (Å²) in [6.45, 7) is 4.98. The van der Waals surface area contributed by atoms with Crippen LogP contribution in [0.4, 0.5) is 5.13 Å². The van der Waals surface area contributed by atoms with Crippen molar-refractivity contribution in [3.8, 4) is 0 Å². The molecule has 0 bridgehead atoms. The molecule has 0 atom stereocenters. The number of amides is 1. The molecular weight excluding hydrogens is 450 g/mol. The Bertz CT molecular complexity index is 1210. The van der Waals surface area contributed by atoms with Crippen LogP contribution < -0.4 is 10.9 Å². The van der Waals surface area contributed by atoms with Crippen molar-refractivity contribution < 1.29 is 14.3 Å². The minimum absolute atomic E-state index is 0.181. The van der Waals surface area contributed by atoms with Gasteiger partial charge in [-0.25, -0.2) is 4.98 Å². The zero-order valence-electron chi connectivity index (χ0n) is 17.8. The second-order valence-electron chi connectivity index (χ2n) is 7.48. The summed E-state index contributed by atoms with van der Waals surface area (Å²) < 4.78 is 12.3. The molecule has 2 aromatic heterocycles. The van der Waals surface area contributed by atoms with Crippen molar-refractivity contribution in [2.75, 3.05) is 45.3 Å². The summed E-state index contributed by atoms with van der Waals surface area (Å²) >= 11 is 6.74. The van der Waals surface area contributed by atoms with Crippen LogP contribution in [0, 0.1) is 4.77 Å². The zero-order chi connectivity index (χ0) is 22.5. The molecule has 3 heterocycles. The number of benzene rings is 1. The maximum Gasteiger partial charge on any atom is 0.262 e. The Morgan fingerprint density at radius 2 is 2.19 bits per heavy atom. The van der Waals surface area contributed by atoms with Crippen molar-refractivity contribution in [2.45, 2.75) is 19.5 Å². The lowest BCUT2D eigenvalue weighted by Gasteiger charge is -2.25. The number of aromatic amines is 1. The number of nitrogens with one attached hydrogen (secondary N) is 2. The number of aromatic nitrogens is 3. The number of rotatable bonds is 8. The van der Waals surface area contributed by atoms with Gasteiger partial charge in [0.05, 0.1) is 29.8 Å². The first-order valence-corrected chi connectivity index (χ1v) is 11.7. The number of morpholine rings is 1. The third-order valence-corrected chi connectivity index (χ3v) is 6.36. The summed E-state index contributed by atoms with van der Waals surface area (Å²) in [5.41, 5.74) is 1.69. The monoisotopic (exact) mass is 475 g/mol. The van der Waals surface area contributed by atoms with Crippen LogP contribution >= 0.6 is 23.6 Å². The second kappa shape index (κ2) is 10.5. The van der Waals surface area contributed by atoms with E-state index in [0.29, 0.717) is 45.9 Å². The first-order valence-electron chi connectivity index (χ1n) is 10.4. The molecular formula is C21H25N5O4S2. The summed E-state index contributed by atoms with van der Waals surface area (Å²) in [5, 5.41) is 5.82. The van der Waals surface area contributed by atoms with Crippen LogP contribution in [0.5, 0.6) is 0 Å². The fourth-order valence-corrected chi connectivity index (χ4v) is 4.54. The second-order valence-corrected chi connectivity index (χ2v) is 8.73. The Kier molecular flexibility index (Phi) is 7.43. The molecule has 11 heteroatoms. The van der Waals surface area contributed by atoms with Gasteiger partial charge in [0.2, 0.25) is 0 Å². The molecule has 0 spiro atoms. The Balaban J connectivity index is 1.47. The molecule has 32 heavy (non-hydrogen) atoms. The molecule has 3 aromatic rings. The van der Waals surface area contributed by atoms with Gasteiger partial charge in [0, 0.05) is 50.8 Å². The van der Waals surface area contributed by atoms with Gasteiger partial charge in [-0.2, -0.15) is 0 Å². The first kappa shape index (κ1) is 22.7. The normalized spacial score (nSPS) is 14.7. The molecule has 1 saturated heterocycles. The quantitative estimate of drug-likeness (QED) is 0.381. The standard InChI is InChI=1S/C21H25N5O4S2/c1-29-8-2-5-26-19(28)16-4-3-14(11-17(16)23-21(26)31)18(27)24-20-22-15(13-32-20)12-25-6-9-30-10-7-25/h3-4,11,13H,2,5-10,12H2,1H3,(H,23,31)(H,22,24,27). The largest absolute Gasteiger partial charge is 0.385 e. The molecule has 0 saturated carbocycles. The molecule has 1 fully saturated rings. The third kappa shape index (κ3) is 5.30. The maximum atomic E-state index is 12.8. The van der Waals surface area contributed by atoms with Gasteiger partial charge in [-0.15, -0.1) is 11.3 Å². The van der Waals surface area contributed by atoms with Crippen LogP contribution in [0.3, 0.4) is 0 Å². The van der Waals surface area contributed by atoms with Crippen LogP contribution in [0.2, 0.25) is 0 Å². The molecule has 1 aliphatic heterocycles. The van der Waals surface area contributed by atoms with Crippen LogP contribution in [-0.4, -0.2) is 65.4 Å². The Hall–Kier alpha value is -2.44. The zero-order valence-corrected chi connectivity index (χ0v) is 19.4. The van der Waals surface area contributed by atoms with Crippen LogP contribution in [0.25, 0.3) is 10.9 Å². The Morgan fingerprint density at radius 1 is 1.38 bits per heavy atom. The predicted octanol–water partition coefficient (Wildman–Crippen LogP) is 2.64. The number of H-pyrrole nitrogens is 1. The minimum atomic E-state index is -0.289. The summed E-state index contributed by atoms with van der Waals surface area (Å²) in [7, 11) is 1.62. The first-order chi connectivity index (χ1) is 15.5. The molecule has 0 radical (unpaired) electrons. The van der Waals surface area contributed by atoms with Crippen molar-refractivity contribution in [2.24, 2.45) is 0 Å². The van der Waals surface area contributed by atoms with E-state index in [1.165, 1.54) is 15.9 Å². The number of carbonyl (C=O) groups excluding carboxylic acids is 1. The lowest BCUT2D eigenvalue weighted by molar-refractivity contribution is 0.0337. The molecule has 1 aromatic carbocycles. The maximum absolute atomic E-state index is 12.8. The number of carbonyl (C=O) groups is 1. The van der Waals surface area contributed by atoms with E-state index in [1.807, 2.05) is 5.38 Å². The topological polar surface area (TPSA) is 101 Å². The van der Waals surface area contributed by atoms with Gasteiger partial charge in [0.25, 0.3) is 11.5 Å². The van der Waals surface area contributed by atoms with Crippen molar-refractivity contribution >= 4 is 45.5 Å². The highest BCUT2D eigenvalue weighted by atomic mass is 32.1. The average Bonchev–Trinajstić information content (AvgIpc) is 3.23. The fraction of sp³-hybridized carbons (Fsp3) is 0.429. The van der Waals surface area contributed by atoms with E-state index in [1.54, 1.807) is 25.3 Å². The molecule has 1 amide bonds. The predicted molar refractivity (Wildman–Crippen MR) is 126 cm³/mol. The van der Waals surface area contributed by atoms with Gasteiger partial charge in [0.15, 0.2) is 9.90 Å². The van der Waals surface area contributed by atoms with Crippen LogP contribution in [0.1, 0.15) is 22.5 Å². The number of nitrogens with zero attached hydrogens (tertiary/aromatic N) is 3. The lowest BCUT2D eigenvalue weighted by atomic mass is 10.1. The molecule has 0 unspecified atom stereocenters. The Morgan fingerprint density at radius 3 is 2.97 bits per heavy atom. The number of hydrogen-bond donors (Lipinski definition) is 2. The Labute approximate surface area is 194 Å². The van der Waals surface area contributed by atoms with Gasteiger partial charge < -0.3 is 14.5 Å². The molecule has 4 rings (SSSR count). The van der Waals surface area contributed by atoms with E-state index >= 15 is 0 Å². The van der Waals surface area contributed by atoms with E-state index < -0.39 is 0 Å². The lowest BCUT2D eigenvalue weighted by Crippen LogP contribution is -2.35. The highest BCUT2D eigenvalue weighted by molar-refractivity contribution is 7.71. The van der Waals surface area contributed by atoms with Gasteiger partial charge in [-0.3, -0.25) is 24.4 Å². The summed E-state index contributed by atoms with van der Waals surface area (Å²) in [5.74, 6) is -0.289. The molecule has 170 valence electrons. The SMILES string of the molecule is COCCCn1c(=S)[nH]c2cc(C(=O)Nc3nc(CN4CCOCC4)cs3)ccc2c1=O. The molecule has 1 aliphatic rings. The number of ether oxygens (including phenoxy) is 2. The van der Waals surface area contributed by atoms with E-state index in [0.717, 1.165) is 38.5 Å².